The summed E-state index contributed by atoms with van der Waals surface area (Å²) in [7, 11) is 0. The predicted octanol–water partition coefficient (Wildman–Crippen LogP) is 4.36. The lowest BCUT2D eigenvalue weighted by Crippen LogP contribution is -2.33. The van der Waals surface area contributed by atoms with E-state index in [2.05, 4.69) is 15.8 Å². The number of phenolic OH excluding ortho intramolecular Hbond substituents is 1. The smallest absolute Gasteiger partial charge is 0.287 e. The fraction of sp³-hybridized carbons (Fsp3) is 0.0417. The quantitative estimate of drug-likeness (QED) is 0.306. The second-order valence-electron chi connectivity index (χ2n) is 6.61. The molecule has 0 aliphatic carbocycles. The summed E-state index contributed by atoms with van der Waals surface area (Å²) in [6.07, 6.45) is 1.54. The Morgan fingerprint density at radius 3 is 2.19 bits per heavy atom. The molecular weight excluding hydrogens is 414 g/mol. The van der Waals surface area contributed by atoms with Crippen molar-refractivity contribution in [1.29, 1.82) is 0 Å². The fourth-order valence-electron chi connectivity index (χ4n) is 2.63. The van der Waals surface area contributed by atoms with Gasteiger partial charge < -0.3 is 10.4 Å². The van der Waals surface area contributed by atoms with Crippen molar-refractivity contribution in [3.05, 3.63) is 106 Å². The molecule has 31 heavy (non-hydrogen) atoms. The minimum absolute atomic E-state index is 0.0263. The van der Waals surface area contributed by atoms with Gasteiger partial charge in [-0.25, -0.2) is 5.43 Å². The maximum atomic E-state index is 12.8. The Bertz CT molecular complexity index is 1120. The first-order chi connectivity index (χ1) is 14.9. The van der Waals surface area contributed by atoms with Crippen LogP contribution in [0.25, 0.3) is 6.08 Å². The van der Waals surface area contributed by atoms with E-state index in [1.807, 2.05) is 0 Å². The monoisotopic (exact) mass is 433 g/mol. The SMILES string of the molecule is CC(=NNC(=O)C(=Cc1ccc(Cl)cc1)NC(=O)c1ccccc1)c1ccc(O)cc1. The van der Waals surface area contributed by atoms with Gasteiger partial charge in [0, 0.05) is 10.6 Å². The number of nitrogens with one attached hydrogen (secondary N) is 2. The van der Waals surface area contributed by atoms with Crippen LogP contribution in [0.5, 0.6) is 5.75 Å². The summed E-state index contributed by atoms with van der Waals surface area (Å²) >= 11 is 5.92. The van der Waals surface area contributed by atoms with Crippen molar-refractivity contribution < 1.29 is 14.7 Å². The number of hydrogen-bond donors (Lipinski definition) is 3. The highest BCUT2D eigenvalue weighted by Gasteiger charge is 2.14. The van der Waals surface area contributed by atoms with Gasteiger partial charge in [-0.05, 0) is 72.7 Å². The molecule has 0 unspecified atom stereocenters. The Morgan fingerprint density at radius 2 is 1.55 bits per heavy atom. The van der Waals surface area contributed by atoms with Gasteiger partial charge in [0.1, 0.15) is 11.4 Å². The molecule has 7 heteroatoms. The lowest BCUT2D eigenvalue weighted by molar-refractivity contribution is -0.117. The van der Waals surface area contributed by atoms with E-state index in [0.717, 1.165) is 5.56 Å². The van der Waals surface area contributed by atoms with Crippen molar-refractivity contribution in [2.45, 2.75) is 6.92 Å². The number of benzene rings is 3. The van der Waals surface area contributed by atoms with E-state index in [4.69, 9.17) is 11.6 Å². The third-order valence-corrected chi connectivity index (χ3v) is 4.57. The number of hydrogen-bond acceptors (Lipinski definition) is 4. The van der Waals surface area contributed by atoms with Gasteiger partial charge in [-0.15, -0.1) is 0 Å². The number of hydrazone groups is 1. The summed E-state index contributed by atoms with van der Waals surface area (Å²) < 4.78 is 0. The standard InChI is InChI=1S/C24H20ClN3O3/c1-16(18-9-13-21(29)14-10-18)27-28-24(31)22(15-17-7-11-20(25)12-8-17)26-23(30)19-5-3-2-4-6-19/h2-15,29H,1H3,(H,26,30)(H,28,31). The number of nitrogens with zero attached hydrogens (tertiary/aromatic N) is 1. The number of phenols is 1. The molecule has 0 saturated heterocycles. The Morgan fingerprint density at radius 1 is 0.903 bits per heavy atom. The number of amides is 2. The van der Waals surface area contributed by atoms with Crippen LogP contribution in [0, 0.1) is 0 Å². The average Bonchev–Trinajstić information content (AvgIpc) is 2.79. The molecule has 156 valence electrons. The van der Waals surface area contributed by atoms with Crippen LogP contribution in [-0.4, -0.2) is 22.6 Å². The topological polar surface area (TPSA) is 90.8 Å². The maximum absolute atomic E-state index is 12.8. The third kappa shape index (κ3) is 6.29. The first kappa shape index (κ1) is 21.8. The summed E-state index contributed by atoms with van der Waals surface area (Å²) in [5.41, 5.74) is 4.85. The highest BCUT2D eigenvalue weighted by atomic mass is 35.5. The number of halogens is 1. The molecule has 0 aliphatic rings. The van der Waals surface area contributed by atoms with Crippen LogP contribution < -0.4 is 10.7 Å². The average molecular weight is 434 g/mol. The van der Waals surface area contributed by atoms with Crippen LogP contribution in [0.2, 0.25) is 5.02 Å². The van der Waals surface area contributed by atoms with E-state index >= 15 is 0 Å². The van der Waals surface area contributed by atoms with Crippen LogP contribution in [-0.2, 0) is 4.79 Å². The minimum atomic E-state index is -0.586. The number of carbonyl (C=O) groups excluding carboxylic acids is 2. The molecule has 0 heterocycles. The van der Waals surface area contributed by atoms with E-state index < -0.39 is 11.8 Å². The first-order valence-electron chi connectivity index (χ1n) is 9.40. The van der Waals surface area contributed by atoms with Crippen LogP contribution >= 0.6 is 11.6 Å². The minimum Gasteiger partial charge on any atom is -0.508 e. The zero-order chi connectivity index (χ0) is 22.2. The highest BCUT2D eigenvalue weighted by molar-refractivity contribution is 6.30. The second-order valence-corrected chi connectivity index (χ2v) is 7.05. The molecule has 0 bridgehead atoms. The van der Waals surface area contributed by atoms with Gasteiger partial charge in [-0.1, -0.05) is 41.9 Å². The summed E-state index contributed by atoms with van der Waals surface area (Å²) in [6.45, 7) is 1.72. The number of carbonyl (C=O) groups is 2. The van der Waals surface area contributed by atoms with Crippen molar-refractivity contribution >= 4 is 35.2 Å². The number of rotatable bonds is 6. The van der Waals surface area contributed by atoms with Gasteiger partial charge in [-0.2, -0.15) is 5.10 Å². The predicted molar refractivity (Wildman–Crippen MR) is 122 cm³/mol. The Balaban J connectivity index is 1.83. The van der Waals surface area contributed by atoms with Gasteiger partial charge in [0.25, 0.3) is 11.8 Å². The van der Waals surface area contributed by atoms with E-state index in [1.165, 1.54) is 18.2 Å². The Labute approximate surface area is 184 Å². The summed E-state index contributed by atoms with van der Waals surface area (Å²) in [5, 5.41) is 16.7. The molecule has 3 aromatic carbocycles. The number of aromatic hydroxyl groups is 1. The van der Waals surface area contributed by atoms with Crippen molar-refractivity contribution in [1.82, 2.24) is 10.7 Å². The van der Waals surface area contributed by atoms with Gasteiger partial charge in [0.2, 0.25) is 0 Å². The van der Waals surface area contributed by atoms with Crippen molar-refractivity contribution in [2.24, 2.45) is 5.10 Å². The normalized spacial score (nSPS) is 11.7. The molecule has 3 N–H and O–H groups in total. The van der Waals surface area contributed by atoms with Crippen LogP contribution in [0.1, 0.15) is 28.4 Å². The summed E-state index contributed by atoms with van der Waals surface area (Å²) in [4.78, 5) is 25.4. The summed E-state index contributed by atoms with van der Waals surface area (Å²) in [6, 6.07) is 21.9. The van der Waals surface area contributed by atoms with Gasteiger partial charge >= 0.3 is 0 Å². The molecular formula is C24H20ClN3O3. The molecule has 0 atom stereocenters. The molecule has 0 radical (unpaired) electrons. The first-order valence-corrected chi connectivity index (χ1v) is 9.78. The molecule has 0 fully saturated rings. The zero-order valence-electron chi connectivity index (χ0n) is 16.7. The third-order valence-electron chi connectivity index (χ3n) is 4.32. The molecule has 2 amide bonds. The lowest BCUT2D eigenvalue weighted by Gasteiger charge is -2.10. The van der Waals surface area contributed by atoms with Crippen LogP contribution in [0.4, 0.5) is 0 Å². The molecule has 0 spiro atoms. The van der Waals surface area contributed by atoms with E-state index in [1.54, 1.807) is 73.7 Å². The lowest BCUT2D eigenvalue weighted by atomic mass is 10.1. The molecule has 0 saturated carbocycles. The van der Waals surface area contributed by atoms with Crippen molar-refractivity contribution in [3.8, 4) is 5.75 Å². The molecule has 0 aliphatic heterocycles. The van der Waals surface area contributed by atoms with Gasteiger partial charge in [-0.3, -0.25) is 9.59 Å². The fourth-order valence-corrected chi connectivity index (χ4v) is 2.76. The van der Waals surface area contributed by atoms with Crippen LogP contribution in [0.3, 0.4) is 0 Å². The summed E-state index contributed by atoms with van der Waals surface area (Å²) in [5.74, 6) is -0.870. The molecule has 3 aromatic rings. The largest absolute Gasteiger partial charge is 0.508 e. The second kappa shape index (κ2) is 10.2. The van der Waals surface area contributed by atoms with E-state index in [-0.39, 0.29) is 11.4 Å². The molecule has 0 aromatic heterocycles. The van der Waals surface area contributed by atoms with Crippen molar-refractivity contribution in [2.75, 3.05) is 0 Å². The van der Waals surface area contributed by atoms with Crippen LogP contribution in [0.15, 0.2) is 89.7 Å². The van der Waals surface area contributed by atoms with Gasteiger partial charge in [0.15, 0.2) is 0 Å². The Hall–Kier alpha value is -3.90. The maximum Gasteiger partial charge on any atom is 0.287 e. The van der Waals surface area contributed by atoms with E-state index in [9.17, 15) is 14.7 Å². The zero-order valence-corrected chi connectivity index (χ0v) is 17.4. The van der Waals surface area contributed by atoms with Crippen molar-refractivity contribution in [3.63, 3.8) is 0 Å². The Kier molecular flexibility index (Phi) is 7.19. The van der Waals surface area contributed by atoms with Gasteiger partial charge in [0.05, 0.1) is 5.71 Å². The highest BCUT2D eigenvalue weighted by Crippen LogP contribution is 2.13. The molecule has 3 rings (SSSR count). The van der Waals surface area contributed by atoms with E-state index in [0.29, 0.717) is 21.9 Å². The molecule has 6 nitrogen and oxygen atoms in total.